The highest BCUT2D eigenvalue weighted by molar-refractivity contribution is 5.32. The maximum atomic E-state index is 10.6. The molecule has 1 aromatic carbocycles. The third-order valence-electron chi connectivity index (χ3n) is 4.10. The van der Waals surface area contributed by atoms with Crippen molar-refractivity contribution in [1.82, 2.24) is 14.9 Å². The summed E-state index contributed by atoms with van der Waals surface area (Å²) < 4.78 is 0. The molecule has 0 bridgehead atoms. The van der Waals surface area contributed by atoms with Crippen LogP contribution < -0.4 is 5.32 Å². The first-order valence-electron chi connectivity index (χ1n) is 7.61. The summed E-state index contributed by atoms with van der Waals surface area (Å²) in [5.74, 6) is 0.895. The number of hydrogen-bond acceptors (Lipinski definition) is 6. The number of rotatable bonds is 5. The van der Waals surface area contributed by atoms with E-state index >= 15 is 0 Å². The van der Waals surface area contributed by atoms with Crippen LogP contribution in [0.25, 0.3) is 0 Å². The van der Waals surface area contributed by atoms with Gasteiger partial charge in [-0.15, -0.1) is 0 Å². The lowest BCUT2D eigenvalue weighted by Crippen LogP contribution is -2.28. The Labute approximate surface area is 134 Å². The highest BCUT2D eigenvalue weighted by Crippen LogP contribution is 2.21. The molecule has 7 nitrogen and oxygen atoms in total. The van der Waals surface area contributed by atoms with Crippen molar-refractivity contribution < 1.29 is 4.92 Å². The van der Waals surface area contributed by atoms with Crippen molar-refractivity contribution in [2.24, 2.45) is 5.92 Å². The Morgan fingerprint density at radius 3 is 2.61 bits per heavy atom. The summed E-state index contributed by atoms with van der Waals surface area (Å²) in [6.07, 6.45) is 2.47. The Morgan fingerprint density at radius 1 is 1.26 bits per heavy atom. The van der Waals surface area contributed by atoms with Gasteiger partial charge >= 0.3 is 5.69 Å². The van der Waals surface area contributed by atoms with Gasteiger partial charge in [0.25, 0.3) is 0 Å². The van der Waals surface area contributed by atoms with Gasteiger partial charge in [0, 0.05) is 25.7 Å². The lowest BCUT2D eigenvalue weighted by atomic mass is 10.1. The minimum Gasteiger partial charge on any atom is -0.350 e. The lowest BCUT2D eigenvalue weighted by Gasteiger charge is -2.17. The van der Waals surface area contributed by atoms with Gasteiger partial charge in [-0.3, -0.25) is 15.0 Å². The summed E-state index contributed by atoms with van der Waals surface area (Å²) in [4.78, 5) is 20.6. The average Bonchev–Trinajstić information content (AvgIpc) is 2.88. The fraction of sp³-hybridized carbons (Fsp3) is 0.375. The van der Waals surface area contributed by atoms with E-state index in [0.717, 1.165) is 19.6 Å². The molecule has 2 heterocycles. The van der Waals surface area contributed by atoms with Crippen LogP contribution in [0.2, 0.25) is 0 Å². The Hall–Kier alpha value is -2.54. The molecule has 23 heavy (non-hydrogen) atoms. The van der Waals surface area contributed by atoms with Gasteiger partial charge in [-0.05, 0) is 11.5 Å². The van der Waals surface area contributed by atoms with Crippen molar-refractivity contribution in [2.75, 3.05) is 18.4 Å². The molecular weight excluding hydrogens is 294 g/mol. The molecule has 1 aliphatic rings. The maximum absolute atomic E-state index is 10.6. The monoisotopic (exact) mass is 313 g/mol. The van der Waals surface area contributed by atoms with E-state index in [-0.39, 0.29) is 11.7 Å². The maximum Gasteiger partial charge on any atom is 0.305 e. The average molecular weight is 313 g/mol. The number of aromatic nitrogens is 2. The number of benzene rings is 1. The van der Waals surface area contributed by atoms with Crippen LogP contribution in [0.15, 0.2) is 42.7 Å². The Bertz CT molecular complexity index is 662. The highest BCUT2D eigenvalue weighted by Gasteiger charge is 2.30. The van der Waals surface area contributed by atoms with Crippen LogP contribution in [0.3, 0.4) is 0 Å². The number of nitrogens with one attached hydrogen (secondary N) is 1. The normalized spacial score (nSPS) is 21.3. The second kappa shape index (κ2) is 6.70. The lowest BCUT2D eigenvalue weighted by molar-refractivity contribution is -0.385. The van der Waals surface area contributed by atoms with E-state index in [2.05, 4.69) is 51.4 Å². The zero-order valence-electron chi connectivity index (χ0n) is 12.9. The van der Waals surface area contributed by atoms with Gasteiger partial charge in [0.05, 0.1) is 4.92 Å². The predicted octanol–water partition coefficient (Wildman–Crippen LogP) is 2.32. The molecule has 1 saturated heterocycles. The van der Waals surface area contributed by atoms with Crippen LogP contribution >= 0.6 is 0 Å². The second-order valence-electron chi connectivity index (χ2n) is 5.93. The summed E-state index contributed by atoms with van der Waals surface area (Å²) in [6, 6.07) is 10.6. The minimum absolute atomic E-state index is 0.0966. The topological polar surface area (TPSA) is 84.2 Å². The summed E-state index contributed by atoms with van der Waals surface area (Å²) in [6.45, 7) is 5.01. The van der Waals surface area contributed by atoms with Gasteiger partial charge in [-0.25, -0.2) is 9.97 Å². The number of nitro groups is 1. The molecule has 0 aliphatic carbocycles. The zero-order chi connectivity index (χ0) is 16.2. The Balaban J connectivity index is 1.59. The Kier molecular flexibility index (Phi) is 4.47. The van der Waals surface area contributed by atoms with E-state index in [9.17, 15) is 10.1 Å². The van der Waals surface area contributed by atoms with Crippen LogP contribution in [0.1, 0.15) is 12.5 Å². The first kappa shape index (κ1) is 15.4. The van der Waals surface area contributed by atoms with E-state index in [0.29, 0.717) is 11.9 Å². The fourth-order valence-corrected chi connectivity index (χ4v) is 2.88. The van der Waals surface area contributed by atoms with Crippen molar-refractivity contribution in [3.05, 3.63) is 58.4 Å². The highest BCUT2D eigenvalue weighted by atomic mass is 16.6. The SMILES string of the molecule is CC1CN(Cc2ccccc2)CC1Nc1ncc([N+](=O)[O-])cn1. The van der Waals surface area contributed by atoms with Crippen molar-refractivity contribution in [3.8, 4) is 0 Å². The molecule has 1 fully saturated rings. The van der Waals surface area contributed by atoms with Crippen molar-refractivity contribution in [1.29, 1.82) is 0 Å². The first-order valence-corrected chi connectivity index (χ1v) is 7.61. The van der Waals surface area contributed by atoms with Gasteiger partial charge in [0.2, 0.25) is 5.95 Å². The van der Waals surface area contributed by atoms with Crippen LogP contribution in [0.4, 0.5) is 11.6 Å². The third kappa shape index (κ3) is 3.81. The molecule has 0 saturated carbocycles. The molecule has 0 spiro atoms. The van der Waals surface area contributed by atoms with Crippen LogP contribution in [0, 0.1) is 16.0 Å². The summed E-state index contributed by atoms with van der Waals surface area (Å²) in [7, 11) is 0. The summed E-state index contributed by atoms with van der Waals surface area (Å²) >= 11 is 0. The van der Waals surface area contributed by atoms with Gasteiger partial charge in [0.1, 0.15) is 12.4 Å². The molecular formula is C16H19N5O2. The largest absolute Gasteiger partial charge is 0.350 e. The number of hydrogen-bond donors (Lipinski definition) is 1. The van der Waals surface area contributed by atoms with Gasteiger partial charge in [-0.2, -0.15) is 0 Å². The molecule has 0 radical (unpaired) electrons. The van der Waals surface area contributed by atoms with Crippen LogP contribution in [0.5, 0.6) is 0 Å². The number of likely N-dealkylation sites (tertiary alicyclic amines) is 1. The second-order valence-corrected chi connectivity index (χ2v) is 5.93. The van der Waals surface area contributed by atoms with Crippen molar-refractivity contribution in [3.63, 3.8) is 0 Å². The van der Waals surface area contributed by atoms with Gasteiger partial charge in [0.15, 0.2) is 0 Å². The zero-order valence-corrected chi connectivity index (χ0v) is 12.9. The van der Waals surface area contributed by atoms with E-state index in [4.69, 9.17) is 0 Å². The molecule has 120 valence electrons. The smallest absolute Gasteiger partial charge is 0.305 e. The molecule has 3 rings (SSSR count). The predicted molar refractivity (Wildman–Crippen MR) is 87.0 cm³/mol. The first-order chi connectivity index (χ1) is 11.1. The fourth-order valence-electron chi connectivity index (χ4n) is 2.88. The summed E-state index contributed by atoms with van der Waals surface area (Å²) in [5, 5.41) is 13.9. The van der Waals surface area contributed by atoms with E-state index in [1.165, 1.54) is 18.0 Å². The molecule has 2 atom stereocenters. The quantitative estimate of drug-likeness (QED) is 0.673. The molecule has 2 unspecified atom stereocenters. The van der Waals surface area contributed by atoms with Crippen LogP contribution in [-0.4, -0.2) is 38.9 Å². The number of nitrogens with zero attached hydrogens (tertiary/aromatic N) is 4. The molecule has 1 aliphatic heterocycles. The summed E-state index contributed by atoms with van der Waals surface area (Å²) in [5.41, 5.74) is 1.20. The van der Waals surface area contributed by atoms with E-state index in [1.807, 2.05) is 6.07 Å². The Morgan fingerprint density at radius 2 is 1.96 bits per heavy atom. The van der Waals surface area contributed by atoms with Crippen molar-refractivity contribution in [2.45, 2.75) is 19.5 Å². The van der Waals surface area contributed by atoms with Gasteiger partial charge in [-0.1, -0.05) is 37.3 Å². The van der Waals surface area contributed by atoms with E-state index in [1.54, 1.807) is 0 Å². The molecule has 1 aromatic heterocycles. The number of anilines is 1. The standard InChI is InChI=1S/C16H19N5O2/c1-12-9-20(10-13-5-3-2-4-6-13)11-15(12)19-16-17-7-14(8-18-16)21(22)23/h2-8,12,15H,9-11H2,1H3,(H,17,18,19). The van der Waals surface area contributed by atoms with Gasteiger partial charge < -0.3 is 5.32 Å². The van der Waals surface area contributed by atoms with Crippen molar-refractivity contribution >= 4 is 11.6 Å². The molecule has 0 amide bonds. The third-order valence-corrected chi connectivity index (χ3v) is 4.10. The van der Waals surface area contributed by atoms with E-state index < -0.39 is 4.92 Å². The molecule has 2 aromatic rings. The molecule has 1 N–H and O–H groups in total. The van der Waals surface area contributed by atoms with Crippen LogP contribution in [-0.2, 0) is 6.54 Å². The molecule has 7 heteroatoms. The minimum atomic E-state index is -0.496.